The van der Waals surface area contributed by atoms with Gasteiger partial charge in [-0.25, -0.2) is 13.6 Å². The van der Waals surface area contributed by atoms with Crippen LogP contribution < -0.4 is 11.1 Å². The van der Waals surface area contributed by atoms with Crippen LogP contribution in [-0.2, 0) is 0 Å². The molecule has 0 aliphatic carbocycles. The van der Waals surface area contributed by atoms with E-state index < -0.39 is 23.8 Å². The van der Waals surface area contributed by atoms with Crippen LogP contribution >= 0.6 is 0 Å². The second kappa shape index (κ2) is 4.70. The molecule has 1 rings (SSSR count). The zero-order valence-electron chi connectivity index (χ0n) is 7.71. The number of hydrogen-bond donors (Lipinski definition) is 3. The predicted molar refractivity (Wildman–Crippen MR) is 49.3 cm³/mol. The molecule has 0 radical (unpaired) electrons. The van der Waals surface area contributed by atoms with E-state index in [-0.39, 0.29) is 6.54 Å². The van der Waals surface area contributed by atoms with Crippen molar-refractivity contribution in [2.45, 2.75) is 6.04 Å². The van der Waals surface area contributed by atoms with Crippen LogP contribution in [0.25, 0.3) is 0 Å². The Morgan fingerprint density at radius 1 is 1.47 bits per heavy atom. The molecule has 0 saturated heterocycles. The Labute approximate surface area is 84.7 Å². The maximum atomic E-state index is 12.8. The Kier molecular flexibility index (Phi) is 3.56. The first-order valence-corrected chi connectivity index (χ1v) is 4.18. The summed E-state index contributed by atoms with van der Waals surface area (Å²) in [6, 6.07) is 2.51. The zero-order valence-corrected chi connectivity index (χ0v) is 7.71. The van der Waals surface area contributed by atoms with Crippen LogP contribution in [-0.4, -0.2) is 17.7 Å². The molecule has 0 aliphatic rings. The first kappa shape index (κ1) is 11.4. The fraction of sp³-hybridized carbons (Fsp3) is 0.222. The van der Waals surface area contributed by atoms with Crippen molar-refractivity contribution in [3.05, 3.63) is 35.4 Å². The van der Waals surface area contributed by atoms with Crippen molar-refractivity contribution in [2.75, 3.05) is 6.54 Å². The molecule has 1 aromatic rings. The van der Waals surface area contributed by atoms with E-state index in [1.165, 1.54) is 6.07 Å². The molecular formula is C9H10F2N2O2. The molecule has 0 aromatic heterocycles. The summed E-state index contributed by atoms with van der Waals surface area (Å²) in [5, 5.41) is 10.4. The van der Waals surface area contributed by atoms with Crippen molar-refractivity contribution in [3.63, 3.8) is 0 Å². The molecule has 1 aromatic carbocycles. The average Bonchev–Trinajstić information content (AvgIpc) is 2.18. The van der Waals surface area contributed by atoms with E-state index in [1.54, 1.807) is 0 Å². The second-order valence-electron chi connectivity index (χ2n) is 2.97. The van der Waals surface area contributed by atoms with E-state index in [9.17, 15) is 13.6 Å². The lowest BCUT2D eigenvalue weighted by atomic mass is 10.1. The molecule has 0 spiro atoms. The van der Waals surface area contributed by atoms with Crippen molar-refractivity contribution in [3.8, 4) is 0 Å². The van der Waals surface area contributed by atoms with Crippen LogP contribution in [0.1, 0.15) is 11.6 Å². The summed E-state index contributed by atoms with van der Waals surface area (Å²) in [5.41, 5.74) is 5.88. The minimum absolute atomic E-state index is 0.0552. The molecule has 0 saturated carbocycles. The summed E-state index contributed by atoms with van der Waals surface area (Å²) in [6.07, 6.45) is -1.21. The highest BCUT2D eigenvalue weighted by atomic mass is 19.2. The molecule has 82 valence electrons. The first-order chi connectivity index (χ1) is 7.00. The van der Waals surface area contributed by atoms with Crippen LogP contribution in [0.3, 0.4) is 0 Å². The van der Waals surface area contributed by atoms with Gasteiger partial charge in [-0.05, 0) is 17.7 Å². The standard InChI is InChI=1S/C9H10F2N2O2/c10-6-2-1-5(3-7(6)11)8(12)4-13-9(14)15/h1-3,8,13H,4,12H2,(H,14,15). The van der Waals surface area contributed by atoms with E-state index in [0.717, 1.165) is 12.1 Å². The Bertz CT molecular complexity index is 371. The predicted octanol–water partition coefficient (Wildman–Crippen LogP) is 1.23. The van der Waals surface area contributed by atoms with Gasteiger partial charge in [0.05, 0.1) is 0 Å². The third kappa shape index (κ3) is 3.17. The number of carboxylic acid groups (broad SMARTS) is 1. The van der Waals surface area contributed by atoms with Gasteiger partial charge < -0.3 is 16.2 Å². The van der Waals surface area contributed by atoms with Gasteiger partial charge in [-0.3, -0.25) is 0 Å². The minimum atomic E-state index is -1.21. The van der Waals surface area contributed by atoms with Gasteiger partial charge in [0.15, 0.2) is 11.6 Å². The Balaban J connectivity index is 2.69. The van der Waals surface area contributed by atoms with E-state index >= 15 is 0 Å². The quantitative estimate of drug-likeness (QED) is 0.711. The van der Waals surface area contributed by atoms with Crippen molar-refractivity contribution in [2.24, 2.45) is 5.73 Å². The number of carbonyl (C=O) groups is 1. The monoisotopic (exact) mass is 216 g/mol. The topological polar surface area (TPSA) is 75.3 Å². The normalized spacial score (nSPS) is 12.2. The summed E-state index contributed by atoms with van der Waals surface area (Å²) >= 11 is 0. The minimum Gasteiger partial charge on any atom is -0.465 e. The van der Waals surface area contributed by atoms with Crippen molar-refractivity contribution < 1.29 is 18.7 Å². The van der Waals surface area contributed by atoms with Gasteiger partial charge in [0, 0.05) is 12.6 Å². The number of rotatable bonds is 3. The lowest BCUT2D eigenvalue weighted by molar-refractivity contribution is 0.193. The molecule has 1 atom stereocenters. The number of nitrogens with one attached hydrogen (secondary N) is 1. The smallest absolute Gasteiger partial charge is 0.404 e. The number of hydrogen-bond acceptors (Lipinski definition) is 2. The van der Waals surface area contributed by atoms with E-state index in [0.29, 0.717) is 5.56 Å². The molecule has 6 heteroatoms. The largest absolute Gasteiger partial charge is 0.465 e. The molecule has 0 fully saturated rings. The van der Waals surface area contributed by atoms with Crippen molar-refractivity contribution in [1.82, 2.24) is 5.32 Å². The van der Waals surface area contributed by atoms with Crippen LogP contribution in [0.2, 0.25) is 0 Å². The Morgan fingerprint density at radius 3 is 2.67 bits per heavy atom. The lowest BCUT2D eigenvalue weighted by Gasteiger charge is -2.11. The molecular weight excluding hydrogens is 206 g/mol. The molecule has 4 nitrogen and oxygen atoms in total. The highest BCUT2D eigenvalue weighted by Crippen LogP contribution is 2.13. The fourth-order valence-electron chi connectivity index (χ4n) is 1.06. The van der Waals surface area contributed by atoms with Gasteiger partial charge in [-0.2, -0.15) is 0 Å². The third-order valence-corrected chi connectivity index (χ3v) is 1.85. The van der Waals surface area contributed by atoms with E-state index in [2.05, 4.69) is 5.32 Å². The second-order valence-corrected chi connectivity index (χ2v) is 2.97. The van der Waals surface area contributed by atoms with Crippen molar-refractivity contribution >= 4 is 6.09 Å². The van der Waals surface area contributed by atoms with E-state index in [4.69, 9.17) is 10.8 Å². The van der Waals surface area contributed by atoms with Gasteiger partial charge in [0.2, 0.25) is 0 Å². The van der Waals surface area contributed by atoms with Crippen LogP contribution in [0, 0.1) is 11.6 Å². The number of halogens is 2. The van der Waals surface area contributed by atoms with Crippen LogP contribution in [0.5, 0.6) is 0 Å². The molecule has 0 heterocycles. The van der Waals surface area contributed by atoms with Gasteiger partial charge in [-0.1, -0.05) is 6.07 Å². The molecule has 4 N–H and O–H groups in total. The maximum Gasteiger partial charge on any atom is 0.404 e. The van der Waals surface area contributed by atoms with Gasteiger partial charge in [0.25, 0.3) is 0 Å². The maximum absolute atomic E-state index is 12.8. The average molecular weight is 216 g/mol. The number of nitrogens with two attached hydrogens (primary N) is 1. The molecule has 0 aliphatic heterocycles. The molecule has 1 unspecified atom stereocenters. The Morgan fingerprint density at radius 2 is 2.13 bits per heavy atom. The van der Waals surface area contributed by atoms with Gasteiger partial charge in [0.1, 0.15) is 0 Å². The molecule has 0 bridgehead atoms. The van der Waals surface area contributed by atoms with Gasteiger partial charge >= 0.3 is 6.09 Å². The number of amides is 1. The molecule has 1 amide bonds. The zero-order chi connectivity index (χ0) is 11.4. The fourth-order valence-corrected chi connectivity index (χ4v) is 1.06. The SMILES string of the molecule is NC(CNC(=O)O)c1ccc(F)c(F)c1. The first-order valence-electron chi connectivity index (χ1n) is 4.18. The summed E-state index contributed by atoms with van der Waals surface area (Å²) in [5.74, 6) is -1.96. The van der Waals surface area contributed by atoms with Crippen molar-refractivity contribution in [1.29, 1.82) is 0 Å². The van der Waals surface area contributed by atoms with E-state index in [1.807, 2.05) is 0 Å². The van der Waals surface area contributed by atoms with Crippen LogP contribution in [0.15, 0.2) is 18.2 Å². The number of benzene rings is 1. The summed E-state index contributed by atoms with van der Waals surface area (Å²) in [7, 11) is 0. The highest BCUT2D eigenvalue weighted by Gasteiger charge is 2.10. The summed E-state index contributed by atoms with van der Waals surface area (Å²) in [6.45, 7) is -0.0552. The highest BCUT2D eigenvalue weighted by molar-refractivity contribution is 5.64. The molecule has 15 heavy (non-hydrogen) atoms. The van der Waals surface area contributed by atoms with Gasteiger partial charge in [-0.15, -0.1) is 0 Å². The van der Waals surface area contributed by atoms with Crippen LogP contribution in [0.4, 0.5) is 13.6 Å². The summed E-state index contributed by atoms with van der Waals surface area (Å²) in [4.78, 5) is 10.2. The third-order valence-electron chi connectivity index (χ3n) is 1.85. The Hall–Kier alpha value is -1.69. The lowest BCUT2D eigenvalue weighted by Crippen LogP contribution is -2.30. The summed E-state index contributed by atoms with van der Waals surface area (Å²) < 4.78 is 25.3.